The molecule has 0 radical (unpaired) electrons. The molecule has 0 saturated carbocycles. The van der Waals surface area contributed by atoms with Gasteiger partial charge in [-0.05, 0) is 60.5 Å². The van der Waals surface area contributed by atoms with Gasteiger partial charge >= 0.3 is 0 Å². The van der Waals surface area contributed by atoms with Crippen LogP contribution in [0.4, 0.5) is 4.39 Å². The number of aromatic amines is 1. The molecule has 4 aromatic rings. The van der Waals surface area contributed by atoms with Gasteiger partial charge in [-0.3, -0.25) is 9.89 Å². The number of carbonyl (C=O) groups is 1. The fraction of sp³-hybridized carbons (Fsp3) is 0.154. The van der Waals surface area contributed by atoms with Crippen molar-refractivity contribution in [3.8, 4) is 29.0 Å². The molecular weight excluding hydrogens is 433 g/mol. The fourth-order valence-corrected chi connectivity index (χ4v) is 3.85. The number of nitrogens with zero attached hydrogens (tertiary/aromatic N) is 4. The van der Waals surface area contributed by atoms with Crippen molar-refractivity contribution in [2.24, 2.45) is 0 Å². The van der Waals surface area contributed by atoms with Crippen molar-refractivity contribution < 1.29 is 13.9 Å². The number of halogens is 1. The first kappa shape index (κ1) is 22.5. The number of amides is 1. The summed E-state index contributed by atoms with van der Waals surface area (Å²) in [5.41, 5.74) is 3.73. The summed E-state index contributed by atoms with van der Waals surface area (Å²) < 4.78 is 19.7. The summed E-state index contributed by atoms with van der Waals surface area (Å²) in [6.07, 6.45) is 1.59. The van der Waals surface area contributed by atoms with Gasteiger partial charge in [-0.25, -0.2) is 4.39 Å². The predicted molar refractivity (Wildman–Crippen MR) is 124 cm³/mol. The molecule has 1 heterocycles. The number of ether oxygens (including phenoxy) is 1. The molecule has 168 valence electrons. The van der Waals surface area contributed by atoms with E-state index in [1.165, 1.54) is 6.07 Å². The van der Waals surface area contributed by atoms with Crippen molar-refractivity contribution in [1.82, 2.24) is 15.1 Å². The quantitative estimate of drug-likeness (QED) is 0.452. The molecule has 8 heteroatoms. The third-order valence-electron chi connectivity index (χ3n) is 5.44. The molecule has 0 aliphatic carbocycles. The van der Waals surface area contributed by atoms with E-state index in [9.17, 15) is 14.4 Å². The third-order valence-corrected chi connectivity index (χ3v) is 5.44. The second kappa shape index (κ2) is 9.43. The van der Waals surface area contributed by atoms with Gasteiger partial charge in [0.2, 0.25) is 0 Å². The van der Waals surface area contributed by atoms with Crippen LogP contribution in [0.2, 0.25) is 0 Å². The number of nitrogens with one attached hydrogen (secondary N) is 1. The summed E-state index contributed by atoms with van der Waals surface area (Å²) >= 11 is 0. The van der Waals surface area contributed by atoms with Gasteiger partial charge in [0, 0.05) is 30.1 Å². The van der Waals surface area contributed by atoms with E-state index in [1.807, 2.05) is 13.0 Å². The average Bonchev–Trinajstić information content (AvgIpc) is 3.34. The monoisotopic (exact) mass is 453 g/mol. The predicted octanol–water partition coefficient (Wildman–Crippen LogP) is 4.78. The summed E-state index contributed by atoms with van der Waals surface area (Å²) in [7, 11) is 1.68. The summed E-state index contributed by atoms with van der Waals surface area (Å²) in [5, 5.41) is 26.1. The summed E-state index contributed by atoms with van der Waals surface area (Å²) in [5.74, 6) is -0.337. The molecule has 0 aliphatic heterocycles. The van der Waals surface area contributed by atoms with Gasteiger partial charge in [0.05, 0.1) is 41.6 Å². The number of hydrogen-bond acceptors (Lipinski definition) is 5. The Hall–Kier alpha value is -4.69. The minimum absolute atomic E-state index is 0.199. The molecule has 0 aliphatic rings. The minimum Gasteiger partial charge on any atom is -0.493 e. The van der Waals surface area contributed by atoms with E-state index < -0.39 is 5.82 Å². The number of rotatable bonds is 6. The molecule has 4 rings (SSSR count). The molecular formula is C26H20FN5O2. The van der Waals surface area contributed by atoms with Gasteiger partial charge in [0.15, 0.2) is 0 Å². The van der Waals surface area contributed by atoms with E-state index in [0.717, 1.165) is 11.6 Å². The number of carbonyl (C=O) groups excluding carboxylic acids is 1. The molecule has 34 heavy (non-hydrogen) atoms. The molecule has 0 saturated heterocycles. The topological polar surface area (TPSA) is 106 Å². The molecule has 7 nitrogen and oxygen atoms in total. The average molecular weight is 453 g/mol. The normalized spacial score (nSPS) is 10.5. The van der Waals surface area contributed by atoms with Crippen molar-refractivity contribution in [2.75, 3.05) is 13.7 Å². The maximum atomic E-state index is 14.0. The highest BCUT2D eigenvalue weighted by Gasteiger charge is 2.18. The Labute approximate surface area is 195 Å². The summed E-state index contributed by atoms with van der Waals surface area (Å²) in [6.45, 7) is 2.46. The number of hydrogen-bond donors (Lipinski definition) is 1. The number of nitriles is 2. The highest BCUT2D eigenvalue weighted by molar-refractivity contribution is 5.96. The smallest absolute Gasteiger partial charge is 0.254 e. The van der Waals surface area contributed by atoms with Crippen LogP contribution in [-0.2, 0) is 6.54 Å². The van der Waals surface area contributed by atoms with Crippen LogP contribution in [0.15, 0.2) is 54.7 Å². The van der Waals surface area contributed by atoms with Gasteiger partial charge in [0.1, 0.15) is 11.6 Å². The molecule has 0 fully saturated rings. The molecule has 1 N–H and O–H groups in total. The maximum absolute atomic E-state index is 14.0. The minimum atomic E-state index is -0.524. The lowest BCUT2D eigenvalue weighted by Crippen LogP contribution is -2.26. The van der Waals surface area contributed by atoms with E-state index in [-0.39, 0.29) is 11.5 Å². The highest BCUT2D eigenvalue weighted by atomic mass is 19.1. The first-order chi connectivity index (χ1) is 16.4. The summed E-state index contributed by atoms with van der Waals surface area (Å²) in [6, 6.07) is 16.6. The van der Waals surface area contributed by atoms with Crippen LogP contribution in [0.5, 0.6) is 5.75 Å². The van der Waals surface area contributed by atoms with Crippen LogP contribution < -0.4 is 4.74 Å². The lowest BCUT2D eigenvalue weighted by molar-refractivity contribution is 0.0785. The molecule has 0 unspecified atom stereocenters. The van der Waals surface area contributed by atoms with E-state index >= 15 is 0 Å². The SMILES string of the molecule is CCOc1cc(C(=O)N(C)Cc2ccc(C#N)c3cn[nH]c23)ccc1-c1cc(F)cc(C#N)c1. The van der Waals surface area contributed by atoms with Crippen LogP contribution in [-0.4, -0.2) is 34.7 Å². The van der Waals surface area contributed by atoms with Crippen LogP contribution in [0.1, 0.15) is 34.0 Å². The summed E-state index contributed by atoms with van der Waals surface area (Å²) in [4.78, 5) is 14.8. The van der Waals surface area contributed by atoms with Crippen LogP contribution in [0, 0.1) is 28.5 Å². The first-order valence-corrected chi connectivity index (χ1v) is 10.5. The first-order valence-electron chi connectivity index (χ1n) is 10.5. The van der Waals surface area contributed by atoms with E-state index in [4.69, 9.17) is 10.00 Å². The van der Waals surface area contributed by atoms with Gasteiger partial charge in [0.25, 0.3) is 5.91 Å². The zero-order valence-electron chi connectivity index (χ0n) is 18.6. The Kier molecular flexibility index (Phi) is 6.24. The lowest BCUT2D eigenvalue weighted by Gasteiger charge is -2.19. The molecule has 0 bridgehead atoms. The Morgan fingerprint density at radius 3 is 2.71 bits per heavy atom. The molecule has 0 atom stereocenters. The standard InChI is InChI=1S/C26H20FN5O2/c1-3-34-24-11-17(6-7-22(24)20-8-16(12-28)9-21(27)10-20)26(33)32(2)15-19-5-4-18(13-29)23-14-30-31-25(19)23/h4-11,14H,3,15H2,1-2H3,(H,30,31). The van der Waals surface area contributed by atoms with Gasteiger partial charge in [-0.1, -0.05) is 6.07 Å². The van der Waals surface area contributed by atoms with Crippen molar-refractivity contribution in [2.45, 2.75) is 13.5 Å². The van der Waals surface area contributed by atoms with Crippen LogP contribution >= 0.6 is 0 Å². The fourth-order valence-electron chi connectivity index (χ4n) is 3.85. The molecule has 0 spiro atoms. The van der Waals surface area contributed by atoms with Gasteiger partial charge in [-0.2, -0.15) is 15.6 Å². The Bertz CT molecular complexity index is 1480. The third kappa shape index (κ3) is 4.30. The second-order valence-corrected chi connectivity index (χ2v) is 7.69. The van der Waals surface area contributed by atoms with E-state index in [1.54, 1.807) is 54.5 Å². The van der Waals surface area contributed by atoms with Crippen LogP contribution in [0.3, 0.4) is 0 Å². The van der Waals surface area contributed by atoms with Gasteiger partial charge < -0.3 is 9.64 Å². The Morgan fingerprint density at radius 1 is 1.15 bits per heavy atom. The number of H-pyrrole nitrogens is 1. The lowest BCUT2D eigenvalue weighted by atomic mass is 10.00. The van der Waals surface area contributed by atoms with Crippen LogP contribution in [0.25, 0.3) is 22.0 Å². The van der Waals surface area contributed by atoms with Crippen molar-refractivity contribution in [3.05, 3.63) is 82.8 Å². The molecule has 3 aromatic carbocycles. The van der Waals surface area contributed by atoms with E-state index in [2.05, 4.69) is 16.3 Å². The number of fused-ring (bicyclic) bond motifs is 1. The largest absolute Gasteiger partial charge is 0.493 e. The van der Waals surface area contributed by atoms with Crippen molar-refractivity contribution in [1.29, 1.82) is 10.5 Å². The Morgan fingerprint density at radius 2 is 1.97 bits per heavy atom. The van der Waals surface area contributed by atoms with Crippen molar-refractivity contribution >= 4 is 16.8 Å². The molecule has 1 aromatic heterocycles. The number of aromatic nitrogens is 2. The van der Waals surface area contributed by atoms with Gasteiger partial charge in [-0.15, -0.1) is 0 Å². The van der Waals surface area contributed by atoms with Crippen molar-refractivity contribution in [3.63, 3.8) is 0 Å². The number of benzene rings is 3. The zero-order chi connectivity index (χ0) is 24.2. The highest BCUT2D eigenvalue weighted by Crippen LogP contribution is 2.33. The second-order valence-electron chi connectivity index (χ2n) is 7.69. The zero-order valence-corrected chi connectivity index (χ0v) is 18.6. The van der Waals surface area contributed by atoms with E-state index in [0.29, 0.717) is 52.1 Å². The molecule has 1 amide bonds. The maximum Gasteiger partial charge on any atom is 0.254 e. The Balaban J connectivity index is 1.64.